The quantitative estimate of drug-likeness (QED) is 0.764. The molecule has 0 saturated heterocycles. The maximum absolute atomic E-state index is 4.72. The van der Waals surface area contributed by atoms with Crippen LogP contribution in [0.2, 0.25) is 0 Å². The molecule has 0 saturated carbocycles. The minimum Gasteiger partial charge on any atom is -0.308 e. The van der Waals surface area contributed by atoms with Crippen LogP contribution in [0.1, 0.15) is 18.9 Å². The molecule has 0 fully saturated rings. The molecule has 0 unspecified atom stereocenters. The summed E-state index contributed by atoms with van der Waals surface area (Å²) in [6.45, 7) is 5.14. The molecule has 3 aromatic rings. The average molecular weight is 282 g/mol. The Hall–Kier alpha value is -1.71. The van der Waals surface area contributed by atoms with E-state index in [9.17, 15) is 0 Å². The van der Waals surface area contributed by atoms with E-state index in [1.165, 1.54) is 16.3 Å². The number of nitrogens with zero attached hydrogens (tertiary/aromatic N) is 1. The van der Waals surface area contributed by atoms with Crippen molar-refractivity contribution < 1.29 is 0 Å². The van der Waals surface area contributed by atoms with Crippen molar-refractivity contribution in [2.75, 3.05) is 0 Å². The van der Waals surface area contributed by atoms with Crippen LogP contribution in [-0.4, -0.2) is 11.0 Å². The summed E-state index contributed by atoms with van der Waals surface area (Å²) in [5.41, 5.74) is 2.26. The van der Waals surface area contributed by atoms with Gasteiger partial charge in [0.05, 0.1) is 5.69 Å². The van der Waals surface area contributed by atoms with Gasteiger partial charge in [0.15, 0.2) is 0 Å². The zero-order valence-corrected chi connectivity index (χ0v) is 12.6. The van der Waals surface area contributed by atoms with Crippen molar-refractivity contribution in [3.05, 3.63) is 52.9 Å². The lowest BCUT2D eigenvalue weighted by atomic mass is 10.1. The highest BCUT2D eigenvalue weighted by atomic mass is 32.1. The Labute approximate surface area is 123 Å². The van der Waals surface area contributed by atoms with Gasteiger partial charge in [-0.1, -0.05) is 50.2 Å². The van der Waals surface area contributed by atoms with Gasteiger partial charge >= 0.3 is 0 Å². The molecule has 0 spiro atoms. The number of rotatable bonds is 4. The summed E-state index contributed by atoms with van der Waals surface area (Å²) in [6.07, 6.45) is 0. The SMILES string of the molecule is CC(C)NCc1nc(-c2ccc3ccccc3c2)cs1. The molecule has 0 atom stereocenters. The molecule has 0 aliphatic rings. The Balaban J connectivity index is 1.87. The van der Waals surface area contributed by atoms with Crippen LogP contribution >= 0.6 is 11.3 Å². The van der Waals surface area contributed by atoms with Gasteiger partial charge < -0.3 is 5.32 Å². The van der Waals surface area contributed by atoms with Crippen LogP contribution < -0.4 is 5.32 Å². The second-order valence-corrected chi connectivity index (χ2v) is 6.17. The van der Waals surface area contributed by atoms with Crippen molar-refractivity contribution in [2.45, 2.75) is 26.4 Å². The third-order valence-electron chi connectivity index (χ3n) is 3.26. The normalized spacial score (nSPS) is 11.3. The van der Waals surface area contributed by atoms with Crippen LogP contribution in [0.25, 0.3) is 22.0 Å². The van der Waals surface area contributed by atoms with E-state index in [0.29, 0.717) is 6.04 Å². The first kappa shape index (κ1) is 13.3. The molecular formula is C17H18N2S. The van der Waals surface area contributed by atoms with E-state index in [0.717, 1.165) is 17.2 Å². The third-order valence-corrected chi connectivity index (χ3v) is 4.11. The van der Waals surface area contributed by atoms with Gasteiger partial charge in [-0.15, -0.1) is 11.3 Å². The zero-order valence-electron chi connectivity index (χ0n) is 11.8. The maximum atomic E-state index is 4.72. The molecule has 2 nitrogen and oxygen atoms in total. The van der Waals surface area contributed by atoms with E-state index in [4.69, 9.17) is 4.98 Å². The van der Waals surface area contributed by atoms with Crippen molar-refractivity contribution in [3.8, 4) is 11.3 Å². The van der Waals surface area contributed by atoms with Gasteiger partial charge in [0.25, 0.3) is 0 Å². The number of fused-ring (bicyclic) bond motifs is 1. The Kier molecular flexibility index (Phi) is 3.81. The lowest BCUT2D eigenvalue weighted by molar-refractivity contribution is 0.587. The Morgan fingerprint density at radius 2 is 1.90 bits per heavy atom. The monoisotopic (exact) mass is 282 g/mol. The lowest BCUT2D eigenvalue weighted by Crippen LogP contribution is -2.21. The summed E-state index contributed by atoms with van der Waals surface area (Å²) >= 11 is 1.72. The molecule has 2 aromatic carbocycles. The predicted molar refractivity (Wildman–Crippen MR) is 87.0 cm³/mol. The molecule has 20 heavy (non-hydrogen) atoms. The molecule has 0 amide bonds. The van der Waals surface area contributed by atoms with Gasteiger partial charge in [-0.05, 0) is 16.8 Å². The Bertz CT molecular complexity index is 716. The van der Waals surface area contributed by atoms with Gasteiger partial charge in [0.1, 0.15) is 5.01 Å². The average Bonchev–Trinajstić information content (AvgIpc) is 2.93. The highest BCUT2D eigenvalue weighted by Gasteiger charge is 2.05. The van der Waals surface area contributed by atoms with Crippen LogP contribution in [0, 0.1) is 0 Å². The van der Waals surface area contributed by atoms with E-state index in [-0.39, 0.29) is 0 Å². The summed E-state index contributed by atoms with van der Waals surface area (Å²) in [5, 5.41) is 9.22. The zero-order chi connectivity index (χ0) is 13.9. The maximum Gasteiger partial charge on any atom is 0.107 e. The molecule has 0 radical (unpaired) electrons. The van der Waals surface area contributed by atoms with E-state index in [1.54, 1.807) is 11.3 Å². The smallest absolute Gasteiger partial charge is 0.107 e. The molecule has 1 heterocycles. The molecule has 3 heteroatoms. The first-order chi connectivity index (χ1) is 9.72. The van der Waals surface area contributed by atoms with Crippen LogP contribution in [0.4, 0.5) is 0 Å². The summed E-state index contributed by atoms with van der Waals surface area (Å²) in [5.74, 6) is 0. The molecule has 0 bridgehead atoms. The van der Waals surface area contributed by atoms with Crippen LogP contribution in [0.5, 0.6) is 0 Å². The largest absolute Gasteiger partial charge is 0.308 e. The van der Waals surface area contributed by atoms with Crippen molar-refractivity contribution in [1.82, 2.24) is 10.3 Å². The second-order valence-electron chi connectivity index (χ2n) is 5.22. The summed E-state index contributed by atoms with van der Waals surface area (Å²) in [7, 11) is 0. The molecule has 0 aliphatic heterocycles. The van der Waals surface area contributed by atoms with Crippen molar-refractivity contribution in [2.24, 2.45) is 0 Å². The van der Waals surface area contributed by atoms with Gasteiger partial charge in [0, 0.05) is 23.5 Å². The topological polar surface area (TPSA) is 24.9 Å². The fourth-order valence-electron chi connectivity index (χ4n) is 2.16. The second kappa shape index (κ2) is 5.73. The van der Waals surface area contributed by atoms with Gasteiger partial charge in [-0.25, -0.2) is 4.98 Å². The standard InChI is InChI=1S/C17H18N2S/c1-12(2)18-10-17-19-16(11-20-17)15-8-7-13-5-3-4-6-14(13)9-15/h3-9,11-12,18H,10H2,1-2H3. The molecule has 1 N–H and O–H groups in total. The van der Waals surface area contributed by atoms with E-state index < -0.39 is 0 Å². The highest BCUT2D eigenvalue weighted by molar-refractivity contribution is 7.09. The highest BCUT2D eigenvalue weighted by Crippen LogP contribution is 2.25. The van der Waals surface area contributed by atoms with E-state index >= 15 is 0 Å². The number of aromatic nitrogens is 1. The van der Waals surface area contributed by atoms with Crippen LogP contribution in [-0.2, 0) is 6.54 Å². The predicted octanol–water partition coefficient (Wildman–Crippen LogP) is 4.46. The number of hydrogen-bond donors (Lipinski definition) is 1. The third kappa shape index (κ3) is 2.89. The summed E-state index contributed by atoms with van der Waals surface area (Å²) in [4.78, 5) is 4.72. The van der Waals surface area contributed by atoms with Gasteiger partial charge in [-0.3, -0.25) is 0 Å². The molecule has 3 rings (SSSR count). The molecule has 0 aliphatic carbocycles. The van der Waals surface area contributed by atoms with E-state index in [1.807, 2.05) is 0 Å². The fourth-order valence-corrected chi connectivity index (χ4v) is 2.92. The first-order valence-corrected chi connectivity index (χ1v) is 7.77. The Morgan fingerprint density at radius 1 is 1.10 bits per heavy atom. The van der Waals surface area contributed by atoms with Crippen LogP contribution in [0.3, 0.4) is 0 Å². The minimum absolute atomic E-state index is 0.489. The van der Waals surface area contributed by atoms with Gasteiger partial charge in [0.2, 0.25) is 0 Å². The van der Waals surface area contributed by atoms with Crippen molar-refractivity contribution in [3.63, 3.8) is 0 Å². The number of thiazole rings is 1. The summed E-state index contributed by atoms with van der Waals surface area (Å²) < 4.78 is 0. The fraction of sp³-hybridized carbons (Fsp3) is 0.235. The lowest BCUT2D eigenvalue weighted by Gasteiger charge is -2.04. The van der Waals surface area contributed by atoms with Crippen molar-refractivity contribution in [1.29, 1.82) is 0 Å². The minimum atomic E-state index is 0.489. The first-order valence-electron chi connectivity index (χ1n) is 6.89. The number of nitrogens with one attached hydrogen (secondary N) is 1. The number of benzene rings is 2. The number of hydrogen-bond acceptors (Lipinski definition) is 3. The van der Waals surface area contributed by atoms with E-state index in [2.05, 4.69) is 67.0 Å². The molecule has 1 aromatic heterocycles. The van der Waals surface area contributed by atoms with Crippen molar-refractivity contribution >= 4 is 22.1 Å². The molecular weight excluding hydrogens is 264 g/mol. The van der Waals surface area contributed by atoms with Crippen LogP contribution in [0.15, 0.2) is 47.8 Å². The molecule has 102 valence electrons. The Morgan fingerprint density at radius 3 is 2.70 bits per heavy atom. The van der Waals surface area contributed by atoms with Gasteiger partial charge in [-0.2, -0.15) is 0 Å². The summed E-state index contributed by atoms with van der Waals surface area (Å²) in [6, 6.07) is 15.4.